The maximum atomic E-state index is 12.1. The number of aromatic nitrogens is 1. The van der Waals surface area contributed by atoms with Gasteiger partial charge >= 0.3 is 5.76 Å². The third-order valence-electron chi connectivity index (χ3n) is 3.79. The smallest absolute Gasteiger partial charge is 0.417 e. The van der Waals surface area contributed by atoms with Crippen molar-refractivity contribution >= 4 is 22.7 Å². The van der Waals surface area contributed by atoms with Crippen LogP contribution in [0.15, 0.2) is 45.6 Å². The molecule has 25 heavy (non-hydrogen) atoms. The first-order valence-electron chi connectivity index (χ1n) is 7.72. The number of rotatable bonds is 6. The van der Waals surface area contributed by atoms with Gasteiger partial charge in [0.2, 0.25) is 5.91 Å². The van der Waals surface area contributed by atoms with Gasteiger partial charge in [0.15, 0.2) is 17.1 Å². The minimum atomic E-state index is -0.488. The van der Waals surface area contributed by atoms with Crippen molar-refractivity contribution in [2.45, 2.75) is 12.8 Å². The summed E-state index contributed by atoms with van der Waals surface area (Å²) in [4.78, 5) is 25.9. The van der Waals surface area contributed by atoms with Gasteiger partial charge in [-0.15, -0.1) is 0 Å². The molecule has 0 saturated heterocycles. The van der Waals surface area contributed by atoms with Crippen molar-refractivity contribution in [1.82, 2.24) is 4.98 Å². The second-order valence-electron chi connectivity index (χ2n) is 5.46. The van der Waals surface area contributed by atoms with Crippen LogP contribution in [-0.2, 0) is 11.2 Å². The van der Waals surface area contributed by atoms with Gasteiger partial charge in [-0.05, 0) is 36.2 Å². The first-order valence-corrected chi connectivity index (χ1v) is 7.72. The average molecular weight is 342 g/mol. The lowest BCUT2D eigenvalue weighted by atomic mass is 10.1. The number of amides is 1. The van der Waals surface area contributed by atoms with Crippen LogP contribution in [0.5, 0.6) is 11.5 Å². The Kier molecular flexibility index (Phi) is 4.74. The third-order valence-corrected chi connectivity index (χ3v) is 3.79. The Hall–Kier alpha value is -3.22. The minimum absolute atomic E-state index is 0.118. The molecule has 7 heteroatoms. The molecule has 0 unspecified atom stereocenters. The van der Waals surface area contributed by atoms with Crippen molar-refractivity contribution in [3.8, 4) is 11.5 Å². The van der Waals surface area contributed by atoms with Crippen LogP contribution in [0.2, 0.25) is 0 Å². The van der Waals surface area contributed by atoms with Crippen molar-refractivity contribution in [3.05, 3.63) is 52.5 Å². The van der Waals surface area contributed by atoms with E-state index in [9.17, 15) is 9.59 Å². The molecule has 0 bridgehead atoms. The molecule has 3 rings (SSSR count). The van der Waals surface area contributed by atoms with Gasteiger partial charge < -0.3 is 19.2 Å². The predicted octanol–water partition coefficient (Wildman–Crippen LogP) is 2.71. The molecule has 1 aromatic heterocycles. The number of oxazole rings is 1. The number of methoxy groups -OCH3 is 2. The Morgan fingerprint density at radius 2 is 1.92 bits per heavy atom. The SMILES string of the molecule is COc1ccc(NC(=O)CCc2ccc3oc(=O)[nH]c3c2)cc1OC. The number of benzene rings is 2. The van der Waals surface area contributed by atoms with Gasteiger partial charge in [-0.1, -0.05) is 6.07 Å². The van der Waals surface area contributed by atoms with Crippen LogP contribution in [0.3, 0.4) is 0 Å². The quantitative estimate of drug-likeness (QED) is 0.718. The topological polar surface area (TPSA) is 93.6 Å². The summed E-state index contributed by atoms with van der Waals surface area (Å²) < 4.78 is 15.3. The molecular weight excluding hydrogens is 324 g/mol. The van der Waals surface area contributed by atoms with Gasteiger partial charge in [0.1, 0.15) is 0 Å². The maximum absolute atomic E-state index is 12.1. The van der Waals surface area contributed by atoms with Gasteiger partial charge in [0.05, 0.1) is 19.7 Å². The van der Waals surface area contributed by atoms with E-state index in [0.717, 1.165) is 5.56 Å². The van der Waals surface area contributed by atoms with Gasteiger partial charge in [0.25, 0.3) is 0 Å². The van der Waals surface area contributed by atoms with E-state index in [4.69, 9.17) is 13.9 Å². The Morgan fingerprint density at radius 1 is 1.12 bits per heavy atom. The molecule has 1 heterocycles. The van der Waals surface area contributed by atoms with E-state index in [-0.39, 0.29) is 5.91 Å². The van der Waals surface area contributed by atoms with Crippen LogP contribution in [0, 0.1) is 0 Å². The van der Waals surface area contributed by atoms with Crippen LogP contribution >= 0.6 is 0 Å². The fourth-order valence-corrected chi connectivity index (χ4v) is 2.55. The zero-order valence-electron chi connectivity index (χ0n) is 13.9. The van der Waals surface area contributed by atoms with Gasteiger partial charge in [0, 0.05) is 18.2 Å². The molecule has 1 amide bonds. The molecule has 0 saturated carbocycles. The summed E-state index contributed by atoms with van der Waals surface area (Å²) in [5.74, 6) is 0.545. The van der Waals surface area contributed by atoms with E-state index >= 15 is 0 Å². The number of carbonyl (C=O) groups is 1. The molecule has 2 N–H and O–H groups in total. The third kappa shape index (κ3) is 3.82. The molecule has 0 aliphatic rings. The number of ether oxygens (including phenoxy) is 2. The summed E-state index contributed by atoms with van der Waals surface area (Å²) in [6.45, 7) is 0. The molecule has 0 spiro atoms. The molecule has 0 aliphatic heterocycles. The highest BCUT2D eigenvalue weighted by molar-refractivity contribution is 5.91. The second kappa shape index (κ2) is 7.12. The van der Waals surface area contributed by atoms with Crippen molar-refractivity contribution in [1.29, 1.82) is 0 Å². The number of carbonyl (C=O) groups excluding carboxylic acids is 1. The monoisotopic (exact) mass is 342 g/mol. The van der Waals surface area contributed by atoms with E-state index < -0.39 is 5.76 Å². The molecule has 0 radical (unpaired) electrons. The van der Waals surface area contributed by atoms with Gasteiger partial charge in [-0.3, -0.25) is 9.78 Å². The zero-order chi connectivity index (χ0) is 17.8. The number of hydrogen-bond donors (Lipinski definition) is 2. The lowest BCUT2D eigenvalue weighted by Crippen LogP contribution is -2.12. The molecule has 130 valence electrons. The number of aryl methyl sites for hydroxylation is 1. The molecule has 0 atom stereocenters. The highest BCUT2D eigenvalue weighted by Crippen LogP contribution is 2.29. The highest BCUT2D eigenvalue weighted by Gasteiger charge is 2.09. The van der Waals surface area contributed by atoms with Crippen molar-refractivity contribution in [2.24, 2.45) is 0 Å². The van der Waals surface area contributed by atoms with E-state index in [2.05, 4.69) is 10.3 Å². The van der Waals surface area contributed by atoms with Crippen LogP contribution < -0.4 is 20.5 Å². The molecule has 3 aromatic rings. The van der Waals surface area contributed by atoms with Crippen LogP contribution in [0.4, 0.5) is 5.69 Å². The van der Waals surface area contributed by atoms with E-state index in [1.807, 2.05) is 12.1 Å². The summed E-state index contributed by atoms with van der Waals surface area (Å²) in [5, 5.41) is 2.83. The fraction of sp³-hybridized carbons (Fsp3) is 0.222. The fourth-order valence-electron chi connectivity index (χ4n) is 2.55. The van der Waals surface area contributed by atoms with Crippen molar-refractivity contribution in [3.63, 3.8) is 0 Å². The van der Waals surface area contributed by atoms with Crippen molar-refractivity contribution < 1.29 is 18.7 Å². The summed E-state index contributed by atoms with van der Waals surface area (Å²) in [6, 6.07) is 10.6. The summed E-state index contributed by atoms with van der Waals surface area (Å²) in [6.07, 6.45) is 0.851. The van der Waals surface area contributed by atoms with Crippen LogP contribution in [-0.4, -0.2) is 25.1 Å². The summed E-state index contributed by atoms with van der Waals surface area (Å²) >= 11 is 0. The van der Waals surface area contributed by atoms with Gasteiger partial charge in [-0.2, -0.15) is 0 Å². The van der Waals surface area contributed by atoms with Crippen molar-refractivity contribution in [2.75, 3.05) is 19.5 Å². The average Bonchev–Trinajstić information content (AvgIpc) is 2.99. The molecule has 2 aromatic carbocycles. The molecule has 7 nitrogen and oxygen atoms in total. The Morgan fingerprint density at radius 3 is 2.68 bits per heavy atom. The Balaban J connectivity index is 1.63. The Bertz CT molecular complexity index is 957. The lowest BCUT2D eigenvalue weighted by molar-refractivity contribution is -0.116. The first kappa shape index (κ1) is 16.6. The molecule has 0 aliphatic carbocycles. The number of nitrogens with one attached hydrogen (secondary N) is 2. The molecular formula is C18H18N2O5. The first-order chi connectivity index (χ1) is 12.1. The van der Waals surface area contributed by atoms with E-state index in [1.54, 1.807) is 38.5 Å². The Labute approximate surface area is 143 Å². The van der Waals surface area contributed by atoms with Gasteiger partial charge in [-0.25, -0.2) is 4.79 Å². The number of anilines is 1. The van der Waals surface area contributed by atoms with Crippen LogP contribution in [0.25, 0.3) is 11.1 Å². The number of fused-ring (bicyclic) bond motifs is 1. The number of aromatic amines is 1. The minimum Gasteiger partial charge on any atom is -0.493 e. The second-order valence-corrected chi connectivity index (χ2v) is 5.46. The summed E-state index contributed by atoms with van der Waals surface area (Å²) in [7, 11) is 3.10. The normalized spacial score (nSPS) is 10.6. The van der Waals surface area contributed by atoms with Crippen LogP contribution in [0.1, 0.15) is 12.0 Å². The zero-order valence-corrected chi connectivity index (χ0v) is 13.9. The van der Waals surface area contributed by atoms with E-state index in [1.165, 1.54) is 0 Å². The number of H-pyrrole nitrogens is 1. The predicted molar refractivity (Wildman–Crippen MR) is 93.3 cm³/mol. The van der Waals surface area contributed by atoms with E-state index in [0.29, 0.717) is 41.1 Å². The molecule has 0 fully saturated rings. The summed E-state index contributed by atoms with van der Waals surface area (Å²) in [5.41, 5.74) is 2.70. The maximum Gasteiger partial charge on any atom is 0.417 e. The lowest BCUT2D eigenvalue weighted by Gasteiger charge is -2.10. The number of hydrogen-bond acceptors (Lipinski definition) is 5. The largest absolute Gasteiger partial charge is 0.493 e. The standard InChI is InChI=1S/C18H18N2O5/c1-23-15-7-5-12(10-16(15)24-2)19-17(21)8-4-11-3-6-14-13(9-11)20-18(22)25-14/h3,5-7,9-10H,4,8H2,1-2H3,(H,19,21)(H,20,22). The highest BCUT2D eigenvalue weighted by atomic mass is 16.5.